The molecule has 21 heavy (non-hydrogen) atoms. The molecule has 2 N–H and O–H groups in total. The summed E-state index contributed by atoms with van der Waals surface area (Å²) < 4.78 is 5.63. The van der Waals surface area contributed by atoms with Crippen LogP contribution in [-0.2, 0) is 6.42 Å². The zero-order valence-electron chi connectivity index (χ0n) is 11.9. The first-order valence-electron chi connectivity index (χ1n) is 6.82. The summed E-state index contributed by atoms with van der Waals surface area (Å²) in [4.78, 5) is 8.66. The number of benzene rings is 1. The number of nitrogens with zero attached hydrogens (tertiary/aromatic N) is 2. The van der Waals surface area contributed by atoms with Gasteiger partial charge in [-0.1, -0.05) is 30.3 Å². The maximum absolute atomic E-state index is 5.82. The molecule has 2 rings (SSSR count). The van der Waals surface area contributed by atoms with Crippen molar-refractivity contribution in [3.8, 4) is 5.75 Å². The van der Waals surface area contributed by atoms with Gasteiger partial charge in [0.05, 0.1) is 6.61 Å². The molecule has 0 fully saturated rings. The van der Waals surface area contributed by atoms with Gasteiger partial charge < -0.3 is 10.5 Å². The largest absolute Gasteiger partial charge is 0.494 e. The van der Waals surface area contributed by atoms with Gasteiger partial charge in [0.2, 0.25) is 0 Å². The summed E-state index contributed by atoms with van der Waals surface area (Å²) in [5, 5.41) is 1.45. The van der Waals surface area contributed by atoms with E-state index in [-0.39, 0.29) is 0 Å². The van der Waals surface area contributed by atoms with Gasteiger partial charge in [-0.05, 0) is 37.1 Å². The van der Waals surface area contributed by atoms with Crippen LogP contribution in [0.3, 0.4) is 0 Å². The van der Waals surface area contributed by atoms with E-state index in [2.05, 4.69) is 16.9 Å². The van der Waals surface area contributed by atoms with Gasteiger partial charge in [-0.3, -0.25) is 0 Å². The third-order valence-electron chi connectivity index (χ3n) is 2.74. The van der Waals surface area contributed by atoms with E-state index in [9.17, 15) is 0 Å². The summed E-state index contributed by atoms with van der Waals surface area (Å²) in [5.41, 5.74) is 6.73. The van der Waals surface area contributed by atoms with Gasteiger partial charge >= 0.3 is 0 Å². The Bertz CT molecular complexity index is 578. The number of aromatic nitrogens is 2. The van der Waals surface area contributed by atoms with Crippen LogP contribution in [-0.4, -0.2) is 22.3 Å². The third kappa shape index (κ3) is 5.44. The lowest BCUT2D eigenvalue weighted by molar-refractivity contribution is 0.318. The number of hydrogen-bond acceptors (Lipinski definition) is 5. The van der Waals surface area contributed by atoms with Crippen molar-refractivity contribution in [3.05, 3.63) is 41.0 Å². The molecule has 0 saturated heterocycles. The van der Waals surface area contributed by atoms with Gasteiger partial charge in [0.15, 0.2) is 5.16 Å². The van der Waals surface area contributed by atoms with Crippen molar-refractivity contribution in [3.63, 3.8) is 0 Å². The minimum absolute atomic E-state index is 0.529. The van der Waals surface area contributed by atoms with E-state index in [1.807, 2.05) is 30.3 Å². The maximum Gasteiger partial charge on any atom is 0.189 e. The van der Waals surface area contributed by atoms with Crippen LogP contribution >= 0.6 is 23.4 Å². The number of nitrogens with two attached hydrogens (primary N) is 1. The van der Waals surface area contributed by atoms with Gasteiger partial charge in [0.1, 0.15) is 11.6 Å². The topological polar surface area (TPSA) is 61.0 Å². The summed E-state index contributed by atoms with van der Waals surface area (Å²) in [7, 11) is 0. The fraction of sp³-hybridized carbons (Fsp3) is 0.333. The Morgan fingerprint density at radius 1 is 1.24 bits per heavy atom. The minimum atomic E-state index is 0.529. The van der Waals surface area contributed by atoms with Crippen LogP contribution in [0, 0.1) is 0 Å². The molecule has 0 aliphatic carbocycles. The second-order valence-electron chi connectivity index (χ2n) is 4.42. The van der Waals surface area contributed by atoms with E-state index in [1.54, 1.807) is 11.8 Å². The van der Waals surface area contributed by atoms with Crippen molar-refractivity contribution in [2.45, 2.75) is 24.9 Å². The number of hydrogen-bond donors (Lipinski definition) is 1. The van der Waals surface area contributed by atoms with Gasteiger partial charge in [-0.15, -0.1) is 0 Å². The molecule has 0 aliphatic heterocycles. The van der Waals surface area contributed by atoms with Gasteiger partial charge in [0, 0.05) is 22.5 Å². The predicted octanol–water partition coefficient (Wildman–Crippen LogP) is 3.84. The van der Waals surface area contributed by atoms with E-state index in [4.69, 9.17) is 22.1 Å². The molecule has 0 atom stereocenters. The number of ether oxygens (including phenoxy) is 1. The number of anilines is 1. The summed E-state index contributed by atoms with van der Waals surface area (Å²) in [5.74, 6) is 2.25. The summed E-state index contributed by atoms with van der Waals surface area (Å²) >= 11 is 7.42. The van der Waals surface area contributed by atoms with E-state index in [1.165, 1.54) is 0 Å². The second kappa shape index (κ2) is 8.10. The smallest absolute Gasteiger partial charge is 0.189 e. The highest BCUT2D eigenvalue weighted by molar-refractivity contribution is 7.99. The van der Waals surface area contributed by atoms with Crippen molar-refractivity contribution >= 4 is 29.2 Å². The van der Waals surface area contributed by atoms with Crippen molar-refractivity contribution in [1.82, 2.24) is 9.97 Å². The van der Waals surface area contributed by atoms with Gasteiger partial charge in [0.25, 0.3) is 0 Å². The van der Waals surface area contributed by atoms with Crippen LogP contribution in [0.4, 0.5) is 5.82 Å². The molecule has 0 amide bonds. The molecule has 6 heteroatoms. The molecule has 0 saturated carbocycles. The molecule has 4 nitrogen and oxygen atoms in total. The standard InChI is InChI=1S/C15H18ClN3OS/c1-2-12-10-14(17)19-15(18-12)21-9-3-8-20-13-6-4-11(16)5-7-13/h4-7,10H,2-3,8-9H2,1H3,(H2,17,18,19). The molecule has 1 aromatic carbocycles. The van der Waals surface area contributed by atoms with Crippen LogP contribution in [0.2, 0.25) is 5.02 Å². The first kappa shape index (κ1) is 15.9. The summed E-state index contributed by atoms with van der Waals surface area (Å²) in [6, 6.07) is 9.18. The minimum Gasteiger partial charge on any atom is -0.494 e. The summed E-state index contributed by atoms with van der Waals surface area (Å²) in [6.45, 7) is 2.70. The molecule has 1 heterocycles. The van der Waals surface area contributed by atoms with Crippen molar-refractivity contribution in [1.29, 1.82) is 0 Å². The SMILES string of the molecule is CCc1cc(N)nc(SCCCOc2ccc(Cl)cc2)n1. The Kier molecular flexibility index (Phi) is 6.14. The summed E-state index contributed by atoms with van der Waals surface area (Å²) in [6.07, 6.45) is 1.77. The molecule has 2 aromatic rings. The lowest BCUT2D eigenvalue weighted by Gasteiger charge is -2.06. The molecule has 1 aromatic heterocycles. The first-order valence-corrected chi connectivity index (χ1v) is 8.18. The zero-order valence-corrected chi connectivity index (χ0v) is 13.5. The molecular formula is C15H18ClN3OS. The Balaban J connectivity index is 1.72. The third-order valence-corrected chi connectivity index (χ3v) is 3.93. The fourth-order valence-electron chi connectivity index (χ4n) is 1.68. The molecular weight excluding hydrogens is 306 g/mol. The molecule has 0 aliphatic rings. The number of rotatable bonds is 7. The monoisotopic (exact) mass is 323 g/mol. The first-order chi connectivity index (χ1) is 10.2. The second-order valence-corrected chi connectivity index (χ2v) is 5.92. The number of aryl methyl sites for hydroxylation is 1. The number of halogens is 1. The van der Waals surface area contributed by atoms with Crippen LogP contribution in [0.5, 0.6) is 5.75 Å². The van der Waals surface area contributed by atoms with Gasteiger partial charge in [-0.25, -0.2) is 9.97 Å². The molecule has 0 bridgehead atoms. The number of thioether (sulfide) groups is 1. The van der Waals surface area contributed by atoms with Crippen LogP contribution in [0.15, 0.2) is 35.5 Å². The maximum atomic E-state index is 5.82. The quantitative estimate of drug-likeness (QED) is 0.476. The molecule has 112 valence electrons. The average Bonchev–Trinajstić information content (AvgIpc) is 2.48. The van der Waals surface area contributed by atoms with E-state index in [0.717, 1.165) is 35.2 Å². The van der Waals surface area contributed by atoms with Gasteiger partial charge in [-0.2, -0.15) is 0 Å². The predicted molar refractivity (Wildman–Crippen MR) is 88.1 cm³/mol. The molecule has 0 spiro atoms. The van der Waals surface area contributed by atoms with Crippen molar-refractivity contribution in [2.24, 2.45) is 0 Å². The molecule has 0 unspecified atom stereocenters. The van der Waals surface area contributed by atoms with Crippen LogP contribution < -0.4 is 10.5 Å². The van der Waals surface area contributed by atoms with Crippen molar-refractivity contribution in [2.75, 3.05) is 18.1 Å². The zero-order chi connectivity index (χ0) is 15.1. The highest BCUT2D eigenvalue weighted by Crippen LogP contribution is 2.18. The Morgan fingerprint density at radius 2 is 2.00 bits per heavy atom. The molecule has 0 radical (unpaired) electrons. The van der Waals surface area contributed by atoms with E-state index >= 15 is 0 Å². The number of nitrogen functional groups attached to an aromatic ring is 1. The van der Waals surface area contributed by atoms with E-state index in [0.29, 0.717) is 17.4 Å². The highest BCUT2D eigenvalue weighted by atomic mass is 35.5. The van der Waals surface area contributed by atoms with Crippen molar-refractivity contribution < 1.29 is 4.74 Å². The lowest BCUT2D eigenvalue weighted by Crippen LogP contribution is -2.01. The fourth-order valence-corrected chi connectivity index (χ4v) is 2.60. The highest BCUT2D eigenvalue weighted by Gasteiger charge is 2.02. The van der Waals surface area contributed by atoms with Crippen LogP contribution in [0.25, 0.3) is 0 Å². The average molecular weight is 324 g/mol. The van der Waals surface area contributed by atoms with E-state index < -0.39 is 0 Å². The Hall–Kier alpha value is -1.46. The normalized spacial score (nSPS) is 10.6. The Labute approximate surface area is 134 Å². The van der Waals surface area contributed by atoms with Crippen LogP contribution in [0.1, 0.15) is 19.0 Å². The lowest BCUT2D eigenvalue weighted by atomic mass is 10.3. The Morgan fingerprint density at radius 3 is 2.71 bits per heavy atom.